The minimum absolute atomic E-state index is 0.157. The zero-order chi connectivity index (χ0) is 13.8. The molecule has 5 heteroatoms. The van der Waals surface area contributed by atoms with E-state index < -0.39 is 0 Å². The van der Waals surface area contributed by atoms with Crippen LogP contribution in [0.3, 0.4) is 0 Å². The van der Waals surface area contributed by atoms with Gasteiger partial charge in [-0.25, -0.2) is 0 Å². The van der Waals surface area contributed by atoms with E-state index in [1.807, 2.05) is 6.07 Å². The van der Waals surface area contributed by atoms with Gasteiger partial charge in [0.2, 0.25) is 0 Å². The molecule has 2 N–H and O–H groups in total. The van der Waals surface area contributed by atoms with Crippen LogP contribution in [-0.2, 0) is 11.3 Å². The Labute approximate surface area is 119 Å². The number of hydrogen-bond acceptors (Lipinski definition) is 5. The molecule has 20 heavy (non-hydrogen) atoms. The maximum atomic E-state index is 5.73. The second-order valence-corrected chi connectivity index (χ2v) is 5.30. The van der Waals surface area contributed by atoms with Gasteiger partial charge in [0, 0.05) is 32.6 Å². The first-order valence-corrected chi connectivity index (χ1v) is 7.27. The molecule has 110 valence electrons. The fourth-order valence-corrected chi connectivity index (χ4v) is 2.63. The Morgan fingerprint density at radius 1 is 1.15 bits per heavy atom. The molecule has 2 aliphatic rings. The van der Waals surface area contributed by atoms with E-state index in [0.29, 0.717) is 6.54 Å². The summed E-state index contributed by atoms with van der Waals surface area (Å²) in [6, 6.07) is 6.21. The van der Waals surface area contributed by atoms with Gasteiger partial charge in [-0.2, -0.15) is 0 Å². The molecular weight excluding hydrogens is 256 g/mol. The van der Waals surface area contributed by atoms with Crippen LogP contribution in [0.25, 0.3) is 0 Å². The summed E-state index contributed by atoms with van der Waals surface area (Å²) in [5.41, 5.74) is 6.92. The lowest BCUT2D eigenvalue weighted by Crippen LogP contribution is -2.45. The van der Waals surface area contributed by atoms with E-state index in [9.17, 15) is 0 Å². The second kappa shape index (κ2) is 6.43. The highest BCUT2D eigenvalue weighted by atomic mass is 16.5. The van der Waals surface area contributed by atoms with Gasteiger partial charge in [-0.3, -0.25) is 4.90 Å². The molecule has 0 amide bonds. The van der Waals surface area contributed by atoms with Crippen molar-refractivity contribution in [2.75, 3.05) is 39.5 Å². The van der Waals surface area contributed by atoms with Crippen LogP contribution < -0.4 is 15.2 Å². The Morgan fingerprint density at radius 3 is 2.85 bits per heavy atom. The molecule has 5 nitrogen and oxygen atoms in total. The molecule has 2 heterocycles. The second-order valence-electron chi connectivity index (χ2n) is 5.30. The van der Waals surface area contributed by atoms with Crippen LogP contribution in [0.2, 0.25) is 0 Å². The van der Waals surface area contributed by atoms with Gasteiger partial charge in [0.25, 0.3) is 0 Å². The number of nitrogens with zero attached hydrogens (tertiary/aromatic N) is 1. The van der Waals surface area contributed by atoms with Gasteiger partial charge in [-0.15, -0.1) is 0 Å². The van der Waals surface area contributed by atoms with E-state index in [1.54, 1.807) is 0 Å². The number of nitrogens with two attached hydrogens (primary N) is 1. The number of hydrogen-bond donors (Lipinski definition) is 1. The van der Waals surface area contributed by atoms with Crippen LogP contribution in [0.15, 0.2) is 18.2 Å². The first-order valence-electron chi connectivity index (χ1n) is 7.27. The largest absolute Gasteiger partial charge is 0.490 e. The van der Waals surface area contributed by atoms with E-state index in [4.69, 9.17) is 19.9 Å². The molecule has 1 unspecified atom stereocenters. The normalized spacial score (nSPS) is 23.4. The van der Waals surface area contributed by atoms with Crippen LogP contribution in [0.1, 0.15) is 12.0 Å². The Morgan fingerprint density at radius 2 is 2.00 bits per heavy atom. The summed E-state index contributed by atoms with van der Waals surface area (Å²) in [7, 11) is 0. The van der Waals surface area contributed by atoms with E-state index >= 15 is 0 Å². The number of benzene rings is 1. The van der Waals surface area contributed by atoms with E-state index in [2.05, 4.69) is 17.0 Å². The monoisotopic (exact) mass is 278 g/mol. The van der Waals surface area contributed by atoms with Crippen LogP contribution >= 0.6 is 0 Å². The molecule has 0 saturated carbocycles. The molecule has 2 aliphatic heterocycles. The summed E-state index contributed by atoms with van der Waals surface area (Å²) in [5.74, 6) is 1.72. The lowest BCUT2D eigenvalue weighted by atomic mass is 10.1. The third-order valence-corrected chi connectivity index (χ3v) is 3.70. The predicted octanol–water partition coefficient (Wildman–Crippen LogP) is 1.01. The summed E-state index contributed by atoms with van der Waals surface area (Å²) in [6.07, 6.45) is 1.09. The van der Waals surface area contributed by atoms with Gasteiger partial charge < -0.3 is 19.9 Å². The molecule has 1 fully saturated rings. The highest BCUT2D eigenvalue weighted by Gasteiger charge is 2.20. The number of morpholine rings is 1. The minimum Gasteiger partial charge on any atom is -0.490 e. The third kappa shape index (κ3) is 3.23. The van der Waals surface area contributed by atoms with Crippen LogP contribution in [0.5, 0.6) is 11.5 Å². The molecule has 1 atom stereocenters. The molecule has 0 bridgehead atoms. The van der Waals surface area contributed by atoms with Crippen molar-refractivity contribution in [3.05, 3.63) is 23.8 Å². The maximum absolute atomic E-state index is 5.73. The minimum atomic E-state index is 0.157. The molecular formula is C15H22N2O3. The molecule has 1 saturated heterocycles. The zero-order valence-corrected chi connectivity index (χ0v) is 11.7. The number of rotatable bonds is 3. The Bertz CT molecular complexity index is 453. The third-order valence-electron chi connectivity index (χ3n) is 3.70. The lowest BCUT2D eigenvalue weighted by Gasteiger charge is -2.32. The van der Waals surface area contributed by atoms with Gasteiger partial charge >= 0.3 is 0 Å². The molecule has 0 radical (unpaired) electrons. The average molecular weight is 278 g/mol. The van der Waals surface area contributed by atoms with Crippen molar-refractivity contribution in [2.45, 2.75) is 19.1 Å². The van der Waals surface area contributed by atoms with Crippen molar-refractivity contribution in [1.82, 2.24) is 4.90 Å². The van der Waals surface area contributed by atoms with Crippen molar-refractivity contribution in [3.8, 4) is 11.5 Å². The van der Waals surface area contributed by atoms with Gasteiger partial charge in [0.15, 0.2) is 11.5 Å². The van der Waals surface area contributed by atoms with Crippen molar-refractivity contribution < 1.29 is 14.2 Å². The standard InChI is InChI=1S/C15H22N2O3/c16-9-13-11-17(4-7-18-13)10-12-2-3-14-15(8-12)20-6-1-5-19-14/h2-3,8,13H,1,4-7,9-11,16H2. The van der Waals surface area contributed by atoms with Crippen LogP contribution in [0.4, 0.5) is 0 Å². The Hall–Kier alpha value is -1.30. The molecule has 3 rings (SSSR count). The lowest BCUT2D eigenvalue weighted by molar-refractivity contribution is -0.0260. The summed E-state index contributed by atoms with van der Waals surface area (Å²) < 4.78 is 17.0. The molecule has 0 aliphatic carbocycles. The van der Waals surface area contributed by atoms with E-state index in [1.165, 1.54) is 5.56 Å². The number of fused-ring (bicyclic) bond motifs is 1. The Balaban J connectivity index is 1.66. The first-order chi connectivity index (χ1) is 9.85. The molecule has 0 aromatic heterocycles. The van der Waals surface area contributed by atoms with E-state index in [0.717, 1.165) is 57.4 Å². The smallest absolute Gasteiger partial charge is 0.161 e. The molecule has 1 aromatic carbocycles. The predicted molar refractivity (Wildman–Crippen MR) is 76.1 cm³/mol. The highest BCUT2D eigenvalue weighted by molar-refractivity contribution is 5.43. The van der Waals surface area contributed by atoms with Crippen molar-refractivity contribution >= 4 is 0 Å². The molecule has 1 aromatic rings. The van der Waals surface area contributed by atoms with E-state index in [-0.39, 0.29) is 6.10 Å². The fraction of sp³-hybridized carbons (Fsp3) is 0.600. The molecule has 0 spiro atoms. The van der Waals surface area contributed by atoms with Gasteiger partial charge in [0.1, 0.15) is 0 Å². The Kier molecular flexibility index (Phi) is 4.40. The SMILES string of the molecule is NCC1CN(Cc2ccc3c(c2)OCCCO3)CCO1. The summed E-state index contributed by atoms with van der Waals surface area (Å²) in [5, 5.41) is 0. The summed E-state index contributed by atoms with van der Waals surface area (Å²) >= 11 is 0. The van der Waals surface area contributed by atoms with Crippen LogP contribution in [-0.4, -0.2) is 50.5 Å². The topological polar surface area (TPSA) is 57.0 Å². The van der Waals surface area contributed by atoms with Crippen molar-refractivity contribution in [2.24, 2.45) is 5.73 Å². The first kappa shape index (κ1) is 13.7. The van der Waals surface area contributed by atoms with Gasteiger partial charge in [-0.05, 0) is 17.7 Å². The highest BCUT2D eigenvalue weighted by Crippen LogP contribution is 2.30. The average Bonchev–Trinajstić information content (AvgIpc) is 2.72. The summed E-state index contributed by atoms with van der Waals surface area (Å²) in [6.45, 7) is 5.54. The quantitative estimate of drug-likeness (QED) is 0.894. The summed E-state index contributed by atoms with van der Waals surface area (Å²) in [4.78, 5) is 2.38. The van der Waals surface area contributed by atoms with Gasteiger partial charge in [0.05, 0.1) is 25.9 Å². The van der Waals surface area contributed by atoms with Crippen molar-refractivity contribution in [1.29, 1.82) is 0 Å². The van der Waals surface area contributed by atoms with Crippen LogP contribution in [0, 0.1) is 0 Å². The fourth-order valence-electron chi connectivity index (χ4n) is 2.63. The zero-order valence-electron chi connectivity index (χ0n) is 11.7. The maximum Gasteiger partial charge on any atom is 0.161 e. The number of ether oxygens (including phenoxy) is 3. The van der Waals surface area contributed by atoms with Crippen molar-refractivity contribution in [3.63, 3.8) is 0 Å². The van der Waals surface area contributed by atoms with Gasteiger partial charge in [-0.1, -0.05) is 6.07 Å².